The van der Waals surface area contributed by atoms with E-state index in [-0.39, 0.29) is 6.04 Å². The molecule has 1 fully saturated rings. The fourth-order valence-corrected chi connectivity index (χ4v) is 3.27. The Hall–Kier alpha value is -0.860. The quantitative estimate of drug-likeness (QED) is 0.847. The lowest BCUT2D eigenvalue weighted by atomic mass is 10.0. The van der Waals surface area contributed by atoms with Crippen LogP contribution in [0, 0.1) is 5.92 Å². The zero-order valence-electron chi connectivity index (χ0n) is 12.4. The first-order chi connectivity index (χ1) is 9.18. The Morgan fingerprint density at radius 1 is 1.26 bits per heavy atom. The van der Waals surface area contributed by atoms with E-state index in [0.29, 0.717) is 0 Å². The van der Waals surface area contributed by atoms with Gasteiger partial charge in [0.1, 0.15) is 0 Å². The molecule has 2 rings (SSSR count). The van der Waals surface area contributed by atoms with Crippen molar-refractivity contribution in [2.45, 2.75) is 51.6 Å². The van der Waals surface area contributed by atoms with Crippen LogP contribution < -0.4 is 5.73 Å². The molecule has 1 aromatic rings. The summed E-state index contributed by atoms with van der Waals surface area (Å²) in [5.41, 5.74) is 7.52. The van der Waals surface area contributed by atoms with Crippen LogP contribution >= 0.6 is 0 Å². The molecule has 1 heterocycles. The van der Waals surface area contributed by atoms with Gasteiger partial charge in [-0.05, 0) is 50.3 Å². The van der Waals surface area contributed by atoms with Gasteiger partial charge in [0.25, 0.3) is 0 Å². The Labute approximate surface area is 118 Å². The van der Waals surface area contributed by atoms with Gasteiger partial charge < -0.3 is 10.6 Å². The smallest absolute Gasteiger partial charge is 0.0295 e. The average molecular weight is 260 g/mol. The van der Waals surface area contributed by atoms with Gasteiger partial charge in [0.15, 0.2) is 0 Å². The number of hydrogen-bond donors (Lipinski definition) is 1. The molecule has 2 N–H and O–H groups in total. The number of rotatable bonds is 6. The van der Waals surface area contributed by atoms with Crippen LogP contribution in [0.4, 0.5) is 0 Å². The molecule has 0 radical (unpaired) electrons. The van der Waals surface area contributed by atoms with Crippen LogP contribution in [0.5, 0.6) is 0 Å². The first-order valence-electron chi connectivity index (χ1n) is 7.73. The fourth-order valence-electron chi connectivity index (χ4n) is 3.27. The van der Waals surface area contributed by atoms with Gasteiger partial charge in [-0.1, -0.05) is 44.2 Å². The predicted octanol–water partition coefficient (Wildman–Crippen LogP) is 3.59. The van der Waals surface area contributed by atoms with Gasteiger partial charge in [-0.2, -0.15) is 0 Å². The molecule has 0 spiro atoms. The Kier molecular flexibility index (Phi) is 5.41. The molecular formula is C17H28N2. The number of nitrogens with zero attached hydrogens (tertiary/aromatic N) is 1. The minimum Gasteiger partial charge on any atom is -0.324 e. The number of nitrogens with two attached hydrogens (primary N) is 1. The molecule has 1 aliphatic heterocycles. The van der Waals surface area contributed by atoms with Crippen LogP contribution in [-0.2, 0) is 0 Å². The van der Waals surface area contributed by atoms with E-state index >= 15 is 0 Å². The van der Waals surface area contributed by atoms with Crippen LogP contribution in [-0.4, -0.2) is 24.0 Å². The molecule has 2 heteroatoms. The summed E-state index contributed by atoms with van der Waals surface area (Å²) >= 11 is 0. The van der Waals surface area contributed by atoms with Crippen LogP contribution in [0.15, 0.2) is 30.3 Å². The third-order valence-electron chi connectivity index (χ3n) is 4.37. The van der Waals surface area contributed by atoms with E-state index in [0.717, 1.165) is 18.4 Å². The van der Waals surface area contributed by atoms with Crippen molar-refractivity contribution in [2.75, 3.05) is 13.1 Å². The molecule has 2 unspecified atom stereocenters. The highest BCUT2D eigenvalue weighted by Crippen LogP contribution is 2.24. The van der Waals surface area contributed by atoms with E-state index < -0.39 is 0 Å². The number of likely N-dealkylation sites (tertiary alicyclic amines) is 1. The van der Waals surface area contributed by atoms with E-state index in [1.807, 2.05) is 6.07 Å². The molecule has 0 aliphatic carbocycles. The third kappa shape index (κ3) is 4.05. The summed E-state index contributed by atoms with van der Waals surface area (Å²) in [5.74, 6) is 0.783. The molecule has 0 bridgehead atoms. The third-order valence-corrected chi connectivity index (χ3v) is 4.37. The van der Waals surface area contributed by atoms with E-state index in [1.54, 1.807) is 0 Å². The predicted molar refractivity (Wildman–Crippen MR) is 82.0 cm³/mol. The molecule has 1 aliphatic rings. The second-order valence-corrected chi connectivity index (χ2v) is 6.15. The molecule has 1 aromatic carbocycles. The number of benzene rings is 1. The normalized spacial score (nSPS) is 22.0. The summed E-state index contributed by atoms with van der Waals surface area (Å²) in [4.78, 5) is 2.67. The summed E-state index contributed by atoms with van der Waals surface area (Å²) in [6.07, 6.45) is 5.04. The van der Waals surface area contributed by atoms with Gasteiger partial charge >= 0.3 is 0 Å². The van der Waals surface area contributed by atoms with E-state index in [1.165, 1.54) is 37.9 Å². The molecule has 1 saturated heterocycles. The highest BCUT2D eigenvalue weighted by molar-refractivity contribution is 5.18. The first-order valence-corrected chi connectivity index (χ1v) is 7.73. The first kappa shape index (κ1) is 14.5. The standard InChI is InChI=1S/C17H28N2/c1-14(2)17-11-7-13-19(17)12-6-10-16(18)15-8-4-3-5-9-15/h3-5,8-9,14,16-17H,6-7,10-13,18H2,1-2H3. The van der Waals surface area contributed by atoms with Crippen molar-refractivity contribution in [1.29, 1.82) is 0 Å². The van der Waals surface area contributed by atoms with E-state index in [9.17, 15) is 0 Å². The fraction of sp³-hybridized carbons (Fsp3) is 0.647. The Morgan fingerprint density at radius 2 is 2.00 bits per heavy atom. The van der Waals surface area contributed by atoms with Gasteiger partial charge in [-0.15, -0.1) is 0 Å². The Balaban J connectivity index is 1.74. The zero-order chi connectivity index (χ0) is 13.7. The van der Waals surface area contributed by atoms with Gasteiger partial charge in [-0.3, -0.25) is 0 Å². The average Bonchev–Trinajstić information content (AvgIpc) is 2.88. The highest BCUT2D eigenvalue weighted by Gasteiger charge is 2.26. The minimum absolute atomic E-state index is 0.196. The monoisotopic (exact) mass is 260 g/mol. The summed E-state index contributed by atoms with van der Waals surface area (Å²) in [6, 6.07) is 11.5. The van der Waals surface area contributed by atoms with Gasteiger partial charge in [0, 0.05) is 12.1 Å². The second-order valence-electron chi connectivity index (χ2n) is 6.15. The molecular weight excluding hydrogens is 232 g/mol. The molecule has 106 valence electrons. The van der Waals surface area contributed by atoms with Crippen LogP contribution in [0.25, 0.3) is 0 Å². The number of hydrogen-bond acceptors (Lipinski definition) is 2. The van der Waals surface area contributed by atoms with Crippen molar-refractivity contribution in [2.24, 2.45) is 11.7 Å². The maximum absolute atomic E-state index is 6.26. The molecule has 0 aromatic heterocycles. The Morgan fingerprint density at radius 3 is 2.68 bits per heavy atom. The van der Waals surface area contributed by atoms with Crippen molar-refractivity contribution in [3.63, 3.8) is 0 Å². The van der Waals surface area contributed by atoms with Gasteiger partial charge in [0.05, 0.1) is 0 Å². The van der Waals surface area contributed by atoms with Crippen molar-refractivity contribution in [1.82, 2.24) is 4.90 Å². The summed E-state index contributed by atoms with van der Waals surface area (Å²) in [6.45, 7) is 7.18. The van der Waals surface area contributed by atoms with E-state index in [4.69, 9.17) is 5.73 Å². The SMILES string of the molecule is CC(C)C1CCCN1CCCC(N)c1ccccc1. The highest BCUT2D eigenvalue weighted by atomic mass is 15.2. The summed E-state index contributed by atoms with van der Waals surface area (Å²) < 4.78 is 0. The molecule has 0 amide bonds. The maximum Gasteiger partial charge on any atom is 0.0295 e. The second kappa shape index (κ2) is 7.06. The molecule has 0 saturated carbocycles. The van der Waals surface area contributed by atoms with Gasteiger partial charge in [0.2, 0.25) is 0 Å². The zero-order valence-corrected chi connectivity index (χ0v) is 12.4. The summed E-state index contributed by atoms with van der Waals surface area (Å²) in [7, 11) is 0. The van der Waals surface area contributed by atoms with Crippen LogP contribution in [0.3, 0.4) is 0 Å². The van der Waals surface area contributed by atoms with Crippen molar-refractivity contribution >= 4 is 0 Å². The molecule has 2 nitrogen and oxygen atoms in total. The topological polar surface area (TPSA) is 29.3 Å². The van der Waals surface area contributed by atoms with Crippen LogP contribution in [0.1, 0.15) is 51.1 Å². The van der Waals surface area contributed by atoms with Crippen molar-refractivity contribution < 1.29 is 0 Å². The lowest BCUT2D eigenvalue weighted by Gasteiger charge is -2.27. The maximum atomic E-state index is 6.26. The minimum atomic E-state index is 0.196. The van der Waals surface area contributed by atoms with Crippen molar-refractivity contribution in [3.05, 3.63) is 35.9 Å². The van der Waals surface area contributed by atoms with Crippen molar-refractivity contribution in [3.8, 4) is 0 Å². The lowest BCUT2D eigenvalue weighted by molar-refractivity contribution is 0.202. The largest absolute Gasteiger partial charge is 0.324 e. The van der Waals surface area contributed by atoms with E-state index in [2.05, 4.69) is 43.0 Å². The lowest BCUT2D eigenvalue weighted by Crippen LogP contribution is -2.34. The Bertz CT molecular complexity index is 361. The van der Waals surface area contributed by atoms with Crippen LogP contribution in [0.2, 0.25) is 0 Å². The van der Waals surface area contributed by atoms with Gasteiger partial charge in [-0.25, -0.2) is 0 Å². The molecule has 2 atom stereocenters. The summed E-state index contributed by atoms with van der Waals surface area (Å²) in [5, 5.41) is 0. The molecule has 19 heavy (non-hydrogen) atoms.